The number of aryl methyl sites for hydroxylation is 1. The van der Waals surface area contributed by atoms with Crippen molar-refractivity contribution in [1.29, 1.82) is 0 Å². The fourth-order valence-electron chi connectivity index (χ4n) is 1.38. The third-order valence-electron chi connectivity index (χ3n) is 2.45. The van der Waals surface area contributed by atoms with E-state index in [1.165, 1.54) is 0 Å². The normalized spacial score (nSPS) is 10.8. The molecule has 0 aliphatic heterocycles. The van der Waals surface area contributed by atoms with Crippen LogP contribution >= 0.6 is 27.5 Å². The number of hydrogen-bond donors (Lipinski definition) is 1. The monoisotopic (exact) mass is 290 g/mol. The summed E-state index contributed by atoms with van der Waals surface area (Å²) in [5, 5.41) is 3.93. The summed E-state index contributed by atoms with van der Waals surface area (Å²) in [5.74, 6) is 0. The molecule has 15 heavy (non-hydrogen) atoms. The molecule has 0 unspecified atom stereocenters. The number of nitrogens with zero attached hydrogens (tertiary/aromatic N) is 1. The van der Waals surface area contributed by atoms with Crippen molar-refractivity contribution in [2.75, 3.05) is 5.32 Å². The van der Waals surface area contributed by atoms with Crippen LogP contribution in [0.2, 0.25) is 5.15 Å². The summed E-state index contributed by atoms with van der Waals surface area (Å²) < 4.78 is 0.808. The summed E-state index contributed by atoms with van der Waals surface area (Å²) in [5.41, 5.74) is 2.01. The highest BCUT2D eigenvalue weighted by Crippen LogP contribution is 2.26. The van der Waals surface area contributed by atoms with Gasteiger partial charge in [0.1, 0.15) is 4.60 Å². The van der Waals surface area contributed by atoms with E-state index < -0.39 is 0 Å². The SMILES string of the molecule is CCC(CC)Nc1cc(C)c(Br)nc1Cl. The summed E-state index contributed by atoms with van der Waals surface area (Å²) in [4.78, 5) is 4.21. The number of hydrogen-bond acceptors (Lipinski definition) is 2. The first-order valence-corrected chi connectivity index (χ1v) is 6.34. The largest absolute Gasteiger partial charge is 0.380 e. The number of anilines is 1. The van der Waals surface area contributed by atoms with Gasteiger partial charge < -0.3 is 5.32 Å². The Balaban J connectivity index is 2.89. The molecule has 1 rings (SSSR count). The minimum atomic E-state index is 0.463. The van der Waals surface area contributed by atoms with Gasteiger partial charge in [0, 0.05) is 6.04 Å². The predicted octanol–water partition coefficient (Wildman–Crippen LogP) is 4.41. The molecular weight excluding hydrogens is 275 g/mol. The predicted molar refractivity (Wildman–Crippen MR) is 69.7 cm³/mol. The van der Waals surface area contributed by atoms with Gasteiger partial charge in [0.05, 0.1) is 5.69 Å². The Morgan fingerprint density at radius 1 is 1.47 bits per heavy atom. The van der Waals surface area contributed by atoms with E-state index in [9.17, 15) is 0 Å². The molecule has 0 fully saturated rings. The van der Waals surface area contributed by atoms with Crippen molar-refractivity contribution < 1.29 is 0 Å². The first-order valence-electron chi connectivity index (χ1n) is 5.17. The van der Waals surface area contributed by atoms with Crippen LogP contribution in [-0.4, -0.2) is 11.0 Å². The summed E-state index contributed by atoms with van der Waals surface area (Å²) >= 11 is 9.41. The quantitative estimate of drug-likeness (QED) is 0.831. The van der Waals surface area contributed by atoms with Crippen LogP contribution in [0.4, 0.5) is 5.69 Å². The Morgan fingerprint density at radius 2 is 2.07 bits per heavy atom. The van der Waals surface area contributed by atoms with E-state index in [0.29, 0.717) is 11.2 Å². The van der Waals surface area contributed by atoms with Crippen molar-refractivity contribution in [2.45, 2.75) is 39.7 Å². The molecule has 84 valence electrons. The van der Waals surface area contributed by atoms with Crippen molar-refractivity contribution in [2.24, 2.45) is 0 Å². The van der Waals surface area contributed by atoms with Gasteiger partial charge in [-0.1, -0.05) is 25.4 Å². The van der Waals surface area contributed by atoms with Crippen LogP contribution in [0, 0.1) is 6.92 Å². The van der Waals surface area contributed by atoms with E-state index >= 15 is 0 Å². The smallest absolute Gasteiger partial charge is 0.153 e. The van der Waals surface area contributed by atoms with E-state index in [1.54, 1.807) is 0 Å². The van der Waals surface area contributed by atoms with Crippen LogP contribution in [0.5, 0.6) is 0 Å². The average Bonchev–Trinajstić information content (AvgIpc) is 2.21. The minimum Gasteiger partial charge on any atom is -0.380 e. The molecule has 4 heteroatoms. The van der Waals surface area contributed by atoms with Crippen LogP contribution < -0.4 is 5.32 Å². The molecule has 1 N–H and O–H groups in total. The maximum Gasteiger partial charge on any atom is 0.153 e. The molecular formula is C11H16BrClN2. The second-order valence-electron chi connectivity index (χ2n) is 3.59. The zero-order valence-corrected chi connectivity index (χ0v) is 11.6. The Labute approximate surface area is 105 Å². The maximum atomic E-state index is 6.06. The van der Waals surface area contributed by atoms with Gasteiger partial charge in [-0.05, 0) is 47.3 Å². The van der Waals surface area contributed by atoms with E-state index in [-0.39, 0.29) is 0 Å². The molecule has 2 nitrogen and oxygen atoms in total. The zero-order chi connectivity index (χ0) is 11.4. The van der Waals surface area contributed by atoms with Gasteiger partial charge in [-0.2, -0.15) is 0 Å². The van der Waals surface area contributed by atoms with Gasteiger partial charge in [-0.3, -0.25) is 0 Å². The lowest BCUT2D eigenvalue weighted by atomic mass is 10.1. The summed E-state index contributed by atoms with van der Waals surface area (Å²) in [6, 6.07) is 2.49. The van der Waals surface area contributed by atoms with E-state index in [0.717, 1.165) is 28.7 Å². The zero-order valence-electron chi connectivity index (χ0n) is 9.27. The first-order chi connectivity index (χ1) is 7.08. The van der Waals surface area contributed by atoms with Crippen molar-refractivity contribution >= 4 is 33.2 Å². The Kier molecular flexibility index (Phi) is 4.87. The number of nitrogens with one attached hydrogen (secondary N) is 1. The molecule has 0 atom stereocenters. The Hall–Kier alpha value is -0.280. The lowest BCUT2D eigenvalue weighted by Crippen LogP contribution is -2.17. The second kappa shape index (κ2) is 5.71. The molecule has 1 aromatic rings. The van der Waals surface area contributed by atoms with Crippen LogP contribution in [-0.2, 0) is 0 Å². The number of pyridine rings is 1. The van der Waals surface area contributed by atoms with E-state index in [1.807, 2.05) is 13.0 Å². The molecule has 1 aromatic heterocycles. The molecule has 0 aliphatic rings. The van der Waals surface area contributed by atoms with Gasteiger partial charge in [0.15, 0.2) is 5.15 Å². The molecule has 0 aromatic carbocycles. The fraction of sp³-hybridized carbons (Fsp3) is 0.545. The van der Waals surface area contributed by atoms with Crippen molar-refractivity contribution in [1.82, 2.24) is 4.98 Å². The molecule has 0 amide bonds. The van der Waals surface area contributed by atoms with Crippen LogP contribution in [0.25, 0.3) is 0 Å². The average molecular weight is 292 g/mol. The van der Waals surface area contributed by atoms with Gasteiger partial charge in [-0.15, -0.1) is 0 Å². The van der Waals surface area contributed by atoms with Crippen LogP contribution in [0.3, 0.4) is 0 Å². The maximum absolute atomic E-state index is 6.06. The second-order valence-corrected chi connectivity index (χ2v) is 4.70. The van der Waals surface area contributed by atoms with Gasteiger partial charge in [0.25, 0.3) is 0 Å². The number of aromatic nitrogens is 1. The van der Waals surface area contributed by atoms with Crippen LogP contribution in [0.1, 0.15) is 32.3 Å². The van der Waals surface area contributed by atoms with Crippen molar-refractivity contribution in [3.05, 3.63) is 21.4 Å². The third kappa shape index (κ3) is 3.35. The lowest BCUT2D eigenvalue weighted by molar-refractivity contribution is 0.671. The highest BCUT2D eigenvalue weighted by atomic mass is 79.9. The highest BCUT2D eigenvalue weighted by molar-refractivity contribution is 9.10. The molecule has 0 saturated heterocycles. The Bertz CT molecular complexity index is 338. The molecule has 0 saturated carbocycles. The topological polar surface area (TPSA) is 24.9 Å². The van der Waals surface area contributed by atoms with Crippen LogP contribution in [0.15, 0.2) is 10.7 Å². The summed E-state index contributed by atoms with van der Waals surface area (Å²) in [6.07, 6.45) is 2.17. The van der Waals surface area contributed by atoms with Crippen molar-refractivity contribution in [3.8, 4) is 0 Å². The molecule has 0 spiro atoms. The molecule has 0 bridgehead atoms. The number of rotatable bonds is 4. The standard InChI is InChI=1S/C11H16BrClN2/c1-4-8(5-2)14-9-6-7(3)10(12)15-11(9)13/h6,8,14H,4-5H2,1-3H3. The minimum absolute atomic E-state index is 0.463. The first kappa shape index (κ1) is 12.8. The van der Waals surface area contributed by atoms with Gasteiger partial charge in [0.2, 0.25) is 0 Å². The molecule has 0 radical (unpaired) electrons. The molecule has 0 aliphatic carbocycles. The van der Waals surface area contributed by atoms with E-state index in [2.05, 4.69) is 40.1 Å². The van der Waals surface area contributed by atoms with Crippen molar-refractivity contribution in [3.63, 3.8) is 0 Å². The fourth-order valence-corrected chi connectivity index (χ4v) is 1.97. The summed E-state index contributed by atoms with van der Waals surface area (Å²) in [7, 11) is 0. The Morgan fingerprint density at radius 3 is 2.60 bits per heavy atom. The molecule has 1 heterocycles. The third-order valence-corrected chi connectivity index (χ3v) is 3.54. The number of halogens is 2. The van der Waals surface area contributed by atoms with E-state index in [4.69, 9.17) is 11.6 Å². The highest BCUT2D eigenvalue weighted by Gasteiger charge is 2.09. The van der Waals surface area contributed by atoms with Gasteiger partial charge >= 0.3 is 0 Å². The van der Waals surface area contributed by atoms with Gasteiger partial charge in [-0.25, -0.2) is 4.98 Å². The lowest BCUT2D eigenvalue weighted by Gasteiger charge is -2.17. The summed E-state index contributed by atoms with van der Waals surface area (Å²) in [6.45, 7) is 6.33.